The molecule has 2 atom stereocenters. The first-order chi connectivity index (χ1) is 9.22. The van der Waals surface area contributed by atoms with Gasteiger partial charge in [-0.2, -0.15) is 0 Å². The SMILES string of the molecule is CCCNC(CN1CCCC1C)c1ccccc1C. The zero-order chi connectivity index (χ0) is 13.7. The zero-order valence-corrected chi connectivity index (χ0v) is 12.7. The molecular weight excluding hydrogens is 232 g/mol. The third-order valence-electron chi connectivity index (χ3n) is 4.31. The van der Waals surface area contributed by atoms with Gasteiger partial charge in [0.1, 0.15) is 0 Å². The molecule has 0 spiro atoms. The molecule has 0 radical (unpaired) electrons. The van der Waals surface area contributed by atoms with Gasteiger partial charge in [-0.05, 0) is 57.3 Å². The minimum absolute atomic E-state index is 0.474. The molecule has 106 valence electrons. The molecule has 19 heavy (non-hydrogen) atoms. The van der Waals surface area contributed by atoms with Crippen LogP contribution in [0.5, 0.6) is 0 Å². The second-order valence-corrected chi connectivity index (χ2v) is 5.85. The topological polar surface area (TPSA) is 15.3 Å². The molecule has 0 aromatic heterocycles. The predicted molar refractivity (Wildman–Crippen MR) is 82.5 cm³/mol. The van der Waals surface area contributed by atoms with E-state index in [1.807, 2.05) is 0 Å². The summed E-state index contributed by atoms with van der Waals surface area (Å²) in [5.74, 6) is 0. The number of benzene rings is 1. The third kappa shape index (κ3) is 3.80. The smallest absolute Gasteiger partial charge is 0.0452 e. The summed E-state index contributed by atoms with van der Waals surface area (Å²) in [7, 11) is 0. The van der Waals surface area contributed by atoms with Crippen molar-refractivity contribution < 1.29 is 0 Å². The average Bonchev–Trinajstić information content (AvgIpc) is 2.81. The molecule has 1 aliphatic heterocycles. The van der Waals surface area contributed by atoms with Crippen LogP contribution >= 0.6 is 0 Å². The van der Waals surface area contributed by atoms with Crippen molar-refractivity contribution in [3.8, 4) is 0 Å². The highest BCUT2D eigenvalue weighted by Gasteiger charge is 2.24. The quantitative estimate of drug-likeness (QED) is 0.842. The molecule has 2 unspecified atom stereocenters. The van der Waals surface area contributed by atoms with Crippen molar-refractivity contribution in [3.63, 3.8) is 0 Å². The second kappa shape index (κ2) is 7.06. The lowest BCUT2D eigenvalue weighted by Crippen LogP contribution is -2.37. The Kier molecular flexibility index (Phi) is 5.41. The van der Waals surface area contributed by atoms with Crippen LogP contribution in [-0.2, 0) is 0 Å². The van der Waals surface area contributed by atoms with E-state index in [1.54, 1.807) is 0 Å². The van der Waals surface area contributed by atoms with Crippen LogP contribution in [0.4, 0.5) is 0 Å². The van der Waals surface area contributed by atoms with E-state index in [4.69, 9.17) is 0 Å². The standard InChI is InChI=1S/C17H28N2/c1-4-11-18-17(13-19-12-7-9-15(19)3)16-10-6-5-8-14(16)2/h5-6,8,10,15,17-18H,4,7,9,11-13H2,1-3H3. The Morgan fingerprint density at radius 2 is 2.16 bits per heavy atom. The van der Waals surface area contributed by atoms with E-state index in [2.05, 4.69) is 55.3 Å². The number of hydrogen-bond donors (Lipinski definition) is 1. The van der Waals surface area contributed by atoms with Crippen molar-refractivity contribution in [2.24, 2.45) is 0 Å². The summed E-state index contributed by atoms with van der Waals surface area (Å²) in [6.45, 7) is 10.3. The highest BCUT2D eigenvalue weighted by molar-refractivity contribution is 5.29. The molecule has 1 aliphatic rings. The zero-order valence-electron chi connectivity index (χ0n) is 12.7. The number of likely N-dealkylation sites (tertiary alicyclic amines) is 1. The molecule has 2 heteroatoms. The predicted octanol–water partition coefficient (Wildman–Crippen LogP) is 3.52. The lowest BCUT2D eigenvalue weighted by Gasteiger charge is -2.29. The number of nitrogens with zero attached hydrogens (tertiary/aromatic N) is 1. The van der Waals surface area contributed by atoms with Crippen LogP contribution < -0.4 is 5.32 Å². The largest absolute Gasteiger partial charge is 0.309 e. The van der Waals surface area contributed by atoms with Crippen LogP contribution in [0.15, 0.2) is 24.3 Å². The van der Waals surface area contributed by atoms with Crippen molar-refractivity contribution in [1.29, 1.82) is 0 Å². The fraction of sp³-hybridized carbons (Fsp3) is 0.647. The summed E-state index contributed by atoms with van der Waals surface area (Å²) >= 11 is 0. The number of hydrogen-bond acceptors (Lipinski definition) is 2. The monoisotopic (exact) mass is 260 g/mol. The number of aryl methyl sites for hydroxylation is 1. The van der Waals surface area contributed by atoms with Gasteiger partial charge in [-0.1, -0.05) is 31.2 Å². The molecule has 1 heterocycles. The minimum Gasteiger partial charge on any atom is -0.309 e. The first-order valence-corrected chi connectivity index (χ1v) is 7.75. The van der Waals surface area contributed by atoms with Crippen molar-refractivity contribution in [3.05, 3.63) is 35.4 Å². The maximum atomic E-state index is 3.73. The Morgan fingerprint density at radius 3 is 2.79 bits per heavy atom. The number of rotatable bonds is 6. The summed E-state index contributed by atoms with van der Waals surface area (Å²) < 4.78 is 0. The van der Waals surface area contributed by atoms with Gasteiger partial charge in [0.15, 0.2) is 0 Å². The number of nitrogens with one attached hydrogen (secondary N) is 1. The summed E-state index contributed by atoms with van der Waals surface area (Å²) in [5.41, 5.74) is 2.87. The van der Waals surface area contributed by atoms with Gasteiger partial charge in [0.2, 0.25) is 0 Å². The molecule has 0 saturated carbocycles. The van der Waals surface area contributed by atoms with Crippen molar-refractivity contribution in [2.45, 2.75) is 52.1 Å². The van der Waals surface area contributed by atoms with Crippen LogP contribution in [0.3, 0.4) is 0 Å². The summed E-state index contributed by atoms with van der Waals surface area (Å²) in [5, 5.41) is 3.73. The molecule has 0 bridgehead atoms. The van der Waals surface area contributed by atoms with Gasteiger partial charge >= 0.3 is 0 Å². The summed E-state index contributed by atoms with van der Waals surface area (Å²) in [4.78, 5) is 2.64. The van der Waals surface area contributed by atoms with E-state index >= 15 is 0 Å². The van der Waals surface area contributed by atoms with Gasteiger partial charge < -0.3 is 5.32 Å². The second-order valence-electron chi connectivity index (χ2n) is 5.85. The Balaban J connectivity index is 2.09. The first-order valence-electron chi connectivity index (χ1n) is 7.75. The van der Waals surface area contributed by atoms with E-state index in [-0.39, 0.29) is 0 Å². The molecule has 2 nitrogen and oxygen atoms in total. The van der Waals surface area contributed by atoms with Gasteiger partial charge in [0, 0.05) is 18.6 Å². The Bertz CT molecular complexity index is 389. The van der Waals surface area contributed by atoms with Crippen LogP contribution in [0.25, 0.3) is 0 Å². The molecule has 1 aromatic carbocycles. The van der Waals surface area contributed by atoms with Gasteiger partial charge in [0.25, 0.3) is 0 Å². The highest BCUT2D eigenvalue weighted by Crippen LogP contribution is 2.23. The van der Waals surface area contributed by atoms with Crippen molar-refractivity contribution in [1.82, 2.24) is 10.2 Å². The van der Waals surface area contributed by atoms with Crippen LogP contribution in [0.2, 0.25) is 0 Å². The van der Waals surface area contributed by atoms with Gasteiger partial charge in [-0.25, -0.2) is 0 Å². The molecule has 1 fully saturated rings. The molecule has 1 aromatic rings. The molecule has 0 amide bonds. The third-order valence-corrected chi connectivity index (χ3v) is 4.31. The maximum Gasteiger partial charge on any atom is 0.0452 e. The fourth-order valence-electron chi connectivity index (χ4n) is 3.07. The van der Waals surface area contributed by atoms with E-state index in [0.29, 0.717) is 6.04 Å². The molecule has 2 rings (SSSR count). The normalized spacial score (nSPS) is 21.7. The molecule has 0 aliphatic carbocycles. The maximum absolute atomic E-state index is 3.73. The minimum atomic E-state index is 0.474. The average molecular weight is 260 g/mol. The summed E-state index contributed by atoms with van der Waals surface area (Å²) in [6.07, 6.45) is 3.90. The molecular formula is C17H28N2. The highest BCUT2D eigenvalue weighted by atomic mass is 15.2. The summed E-state index contributed by atoms with van der Waals surface area (Å²) in [6, 6.07) is 10.0. The van der Waals surface area contributed by atoms with Crippen LogP contribution in [0, 0.1) is 6.92 Å². The van der Waals surface area contributed by atoms with Gasteiger partial charge in [-0.15, -0.1) is 0 Å². The lowest BCUT2D eigenvalue weighted by molar-refractivity contribution is 0.237. The van der Waals surface area contributed by atoms with Crippen molar-refractivity contribution >= 4 is 0 Å². The van der Waals surface area contributed by atoms with Crippen molar-refractivity contribution in [2.75, 3.05) is 19.6 Å². The fourth-order valence-corrected chi connectivity index (χ4v) is 3.07. The lowest BCUT2D eigenvalue weighted by atomic mass is 10.0. The Hall–Kier alpha value is -0.860. The van der Waals surface area contributed by atoms with E-state index in [9.17, 15) is 0 Å². The molecule has 1 N–H and O–H groups in total. The van der Waals surface area contributed by atoms with Crippen LogP contribution in [-0.4, -0.2) is 30.6 Å². The van der Waals surface area contributed by atoms with Gasteiger partial charge in [-0.3, -0.25) is 4.90 Å². The first kappa shape index (κ1) is 14.5. The van der Waals surface area contributed by atoms with Gasteiger partial charge in [0.05, 0.1) is 0 Å². The van der Waals surface area contributed by atoms with E-state index in [0.717, 1.165) is 19.1 Å². The molecule has 1 saturated heterocycles. The Morgan fingerprint density at radius 1 is 1.37 bits per heavy atom. The van der Waals surface area contributed by atoms with E-state index in [1.165, 1.54) is 36.9 Å². The van der Waals surface area contributed by atoms with E-state index < -0.39 is 0 Å². The Labute approximate surface area is 118 Å². The van der Waals surface area contributed by atoms with Crippen LogP contribution in [0.1, 0.15) is 50.3 Å².